The Bertz CT molecular complexity index is 831. The second kappa shape index (κ2) is 5.13. The number of amides is 1. The average molecular weight is 278 g/mol. The molecular weight excluding hydrogens is 264 g/mol. The van der Waals surface area contributed by atoms with Crippen molar-refractivity contribution in [3.8, 4) is 0 Å². The van der Waals surface area contributed by atoms with E-state index in [4.69, 9.17) is 11.5 Å². The van der Waals surface area contributed by atoms with Crippen LogP contribution in [0.5, 0.6) is 0 Å². The summed E-state index contributed by atoms with van der Waals surface area (Å²) in [6.07, 6.45) is 5.27. The van der Waals surface area contributed by atoms with Crippen LogP contribution in [0.2, 0.25) is 0 Å². The Balaban J connectivity index is 2.13. The van der Waals surface area contributed by atoms with Gasteiger partial charge in [-0.3, -0.25) is 4.79 Å². The minimum absolute atomic E-state index is 0.430. The van der Waals surface area contributed by atoms with Gasteiger partial charge in [0.25, 0.3) is 0 Å². The summed E-state index contributed by atoms with van der Waals surface area (Å²) in [6.45, 7) is 0. The van der Waals surface area contributed by atoms with Crippen LogP contribution in [0.4, 0.5) is 5.69 Å². The van der Waals surface area contributed by atoms with Crippen LogP contribution >= 0.6 is 0 Å². The van der Waals surface area contributed by atoms with E-state index in [1.165, 1.54) is 0 Å². The molecule has 0 saturated heterocycles. The van der Waals surface area contributed by atoms with E-state index in [0.29, 0.717) is 11.3 Å². The van der Waals surface area contributed by atoms with Crippen molar-refractivity contribution < 1.29 is 4.79 Å². The third kappa shape index (κ3) is 2.49. The van der Waals surface area contributed by atoms with Crippen molar-refractivity contribution in [2.45, 2.75) is 0 Å². The van der Waals surface area contributed by atoms with Crippen molar-refractivity contribution in [2.24, 2.45) is 5.73 Å². The highest BCUT2D eigenvalue weighted by atomic mass is 16.1. The highest BCUT2D eigenvalue weighted by Gasteiger charge is 2.10. The topological polar surface area (TPSA) is 97.8 Å². The first-order valence-electron chi connectivity index (χ1n) is 6.44. The lowest BCUT2D eigenvalue weighted by Crippen LogP contribution is -2.12. The number of hydrogen-bond donors (Lipinski definition) is 3. The Labute approximate surface area is 121 Å². The van der Waals surface area contributed by atoms with Crippen molar-refractivity contribution in [3.05, 3.63) is 59.9 Å². The first-order valence-corrected chi connectivity index (χ1v) is 6.44. The molecule has 0 atom stereocenters. The maximum atomic E-state index is 11.7. The first kappa shape index (κ1) is 12.9. The Kier molecular flexibility index (Phi) is 3.16. The molecule has 5 N–H and O–H groups in total. The van der Waals surface area contributed by atoms with Crippen LogP contribution in [0, 0.1) is 0 Å². The number of pyridine rings is 1. The van der Waals surface area contributed by atoms with Crippen molar-refractivity contribution in [1.29, 1.82) is 0 Å². The lowest BCUT2D eigenvalue weighted by atomic mass is 10.0. The summed E-state index contributed by atoms with van der Waals surface area (Å²) < 4.78 is 0. The molecule has 0 aliphatic carbocycles. The first-order chi connectivity index (χ1) is 10.1. The minimum atomic E-state index is -0.488. The lowest BCUT2D eigenvalue weighted by molar-refractivity contribution is -0.112. The minimum Gasteiger partial charge on any atom is -0.399 e. The Morgan fingerprint density at radius 1 is 1.19 bits per heavy atom. The third-order valence-corrected chi connectivity index (χ3v) is 3.27. The van der Waals surface area contributed by atoms with Crippen LogP contribution < -0.4 is 11.5 Å². The number of carbonyl (C=O) groups excluding carboxylic acids is 1. The van der Waals surface area contributed by atoms with Gasteiger partial charge in [0, 0.05) is 34.6 Å². The molecule has 3 rings (SSSR count). The van der Waals surface area contributed by atoms with E-state index in [2.05, 4.69) is 9.97 Å². The Morgan fingerprint density at radius 2 is 1.95 bits per heavy atom. The molecule has 0 unspecified atom stereocenters. The molecular formula is C16H14N4O. The number of carbonyl (C=O) groups is 1. The Hall–Kier alpha value is -3.08. The van der Waals surface area contributed by atoms with E-state index in [-0.39, 0.29) is 0 Å². The predicted molar refractivity (Wildman–Crippen MR) is 84.0 cm³/mol. The monoisotopic (exact) mass is 278 g/mol. The van der Waals surface area contributed by atoms with Gasteiger partial charge in [0.2, 0.25) is 5.91 Å². The van der Waals surface area contributed by atoms with Crippen molar-refractivity contribution >= 4 is 34.3 Å². The summed E-state index contributed by atoms with van der Waals surface area (Å²) in [5.74, 6) is -0.488. The number of aromatic amines is 1. The standard InChI is InChI=1S/C16H14N4O/c17-12-5-3-10(4-6-12)14(15(18)21)8-11-9-20-16-13(11)2-1-7-19-16/h1-9H,17H2,(H2,18,21)(H,19,20)/b14-8-. The van der Waals surface area contributed by atoms with E-state index >= 15 is 0 Å². The summed E-state index contributed by atoms with van der Waals surface area (Å²) in [6, 6.07) is 10.8. The van der Waals surface area contributed by atoms with Gasteiger partial charge in [0.1, 0.15) is 5.65 Å². The molecule has 0 saturated carbocycles. The number of H-pyrrole nitrogens is 1. The van der Waals surface area contributed by atoms with Crippen LogP contribution in [0.3, 0.4) is 0 Å². The van der Waals surface area contributed by atoms with Crippen molar-refractivity contribution in [2.75, 3.05) is 5.73 Å². The number of primary amides is 1. The molecule has 21 heavy (non-hydrogen) atoms. The zero-order valence-corrected chi connectivity index (χ0v) is 11.2. The number of hydrogen-bond acceptors (Lipinski definition) is 3. The summed E-state index contributed by atoms with van der Waals surface area (Å²) in [5, 5.41) is 0.937. The van der Waals surface area contributed by atoms with E-state index in [0.717, 1.165) is 22.2 Å². The number of nitrogens with zero attached hydrogens (tertiary/aromatic N) is 1. The summed E-state index contributed by atoms with van der Waals surface area (Å²) in [7, 11) is 0. The zero-order chi connectivity index (χ0) is 14.8. The molecule has 1 amide bonds. The van der Waals surface area contributed by atoms with Crippen LogP contribution in [0.25, 0.3) is 22.7 Å². The molecule has 0 aliphatic heterocycles. The Morgan fingerprint density at radius 3 is 2.67 bits per heavy atom. The van der Waals surface area contributed by atoms with Gasteiger partial charge in [-0.15, -0.1) is 0 Å². The van der Waals surface area contributed by atoms with Crippen LogP contribution in [0.15, 0.2) is 48.8 Å². The fourth-order valence-corrected chi connectivity index (χ4v) is 2.21. The molecule has 1 aromatic carbocycles. The molecule has 0 bridgehead atoms. The fraction of sp³-hybridized carbons (Fsp3) is 0. The molecule has 2 aromatic heterocycles. The zero-order valence-electron chi connectivity index (χ0n) is 11.2. The van der Waals surface area contributed by atoms with Crippen LogP contribution in [0.1, 0.15) is 11.1 Å². The number of rotatable bonds is 3. The maximum absolute atomic E-state index is 11.7. The molecule has 0 fully saturated rings. The van der Waals surface area contributed by atoms with Gasteiger partial charge in [0.15, 0.2) is 0 Å². The SMILES string of the molecule is NC(=O)/C(=C\c1c[nH]c2ncccc12)c1ccc(N)cc1. The molecule has 0 radical (unpaired) electrons. The molecule has 3 aromatic rings. The quantitative estimate of drug-likeness (QED) is 0.506. The highest BCUT2D eigenvalue weighted by molar-refractivity contribution is 6.24. The van der Waals surface area contributed by atoms with Gasteiger partial charge >= 0.3 is 0 Å². The van der Waals surface area contributed by atoms with Gasteiger partial charge in [-0.1, -0.05) is 12.1 Å². The molecule has 2 heterocycles. The van der Waals surface area contributed by atoms with Gasteiger partial charge in [-0.25, -0.2) is 4.98 Å². The molecule has 5 heteroatoms. The number of fused-ring (bicyclic) bond motifs is 1. The van der Waals surface area contributed by atoms with E-state index in [1.807, 2.05) is 12.1 Å². The third-order valence-electron chi connectivity index (χ3n) is 3.27. The molecule has 0 spiro atoms. The highest BCUT2D eigenvalue weighted by Crippen LogP contribution is 2.23. The summed E-state index contributed by atoms with van der Waals surface area (Å²) >= 11 is 0. The smallest absolute Gasteiger partial charge is 0.249 e. The molecule has 5 nitrogen and oxygen atoms in total. The number of aromatic nitrogens is 2. The summed E-state index contributed by atoms with van der Waals surface area (Å²) in [4.78, 5) is 19.0. The number of benzene rings is 1. The number of nitrogens with one attached hydrogen (secondary N) is 1. The van der Waals surface area contributed by atoms with Gasteiger partial charge in [0.05, 0.1) is 0 Å². The van der Waals surface area contributed by atoms with E-state index in [9.17, 15) is 4.79 Å². The largest absolute Gasteiger partial charge is 0.399 e. The number of anilines is 1. The van der Waals surface area contributed by atoms with E-state index in [1.54, 1.807) is 42.7 Å². The van der Waals surface area contributed by atoms with Crippen molar-refractivity contribution in [3.63, 3.8) is 0 Å². The van der Waals surface area contributed by atoms with Gasteiger partial charge in [-0.05, 0) is 35.9 Å². The van der Waals surface area contributed by atoms with Gasteiger partial charge in [-0.2, -0.15) is 0 Å². The van der Waals surface area contributed by atoms with Crippen molar-refractivity contribution in [1.82, 2.24) is 9.97 Å². The fourth-order valence-electron chi connectivity index (χ4n) is 2.21. The van der Waals surface area contributed by atoms with E-state index < -0.39 is 5.91 Å². The molecule has 104 valence electrons. The maximum Gasteiger partial charge on any atom is 0.249 e. The normalized spacial score (nSPS) is 11.7. The lowest BCUT2D eigenvalue weighted by Gasteiger charge is -2.04. The predicted octanol–water partition coefficient (Wildman–Crippen LogP) is 2.17. The summed E-state index contributed by atoms with van der Waals surface area (Å²) in [5.41, 5.74) is 14.6. The second-order valence-electron chi connectivity index (χ2n) is 4.69. The van der Waals surface area contributed by atoms with Crippen LogP contribution in [-0.2, 0) is 4.79 Å². The van der Waals surface area contributed by atoms with Gasteiger partial charge < -0.3 is 16.5 Å². The second-order valence-corrected chi connectivity index (χ2v) is 4.69. The average Bonchev–Trinajstić information content (AvgIpc) is 2.89. The van der Waals surface area contributed by atoms with Crippen LogP contribution in [-0.4, -0.2) is 15.9 Å². The molecule has 0 aliphatic rings. The number of nitrogen functional groups attached to an aromatic ring is 1. The number of nitrogens with two attached hydrogens (primary N) is 2.